The minimum Gasteiger partial charge on any atom is -0.466 e. The van der Waals surface area contributed by atoms with Gasteiger partial charge in [0.25, 0.3) is 0 Å². The lowest BCUT2D eigenvalue weighted by Crippen LogP contribution is -2.11. The van der Waals surface area contributed by atoms with Gasteiger partial charge in [-0.15, -0.1) is 0 Å². The van der Waals surface area contributed by atoms with Crippen LogP contribution in [0.15, 0.2) is 10.5 Å². The summed E-state index contributed by atoms with van der Waals surface area (Å²) in [6, 6.07) is 2.02. The predicted octanol–water partition coefficient (Wildman–Crippen LogP) is 3.40. The molecule has 2 aromatic heterocycles. The molecule has 2 rings (SSSR count). The fraction of sp³-hybridized carbons (Fsp3) is 0.385. The Labute approximate surface area is 117 Å². The second-order valence-corrected chi connectivity index (χ2v) is 4.91. The molecule has 3 N–H and O–H groups in total. The molecule has 102 valence electrons. The maximum absolute atomic E-state index is 5.95. The van der Waals surface area contributed by atoms with Gasteiger partial charge >= 0.3 is 0 Å². The highest BCUT2D eigenvalue weighted by molar-refractivity contribution is 6.28. The van der Waals surface area contributed by atoms with Gasteiger partial charge in [-0.3, -0.25) is 0 Å². The van der Waals surface area contributed by atoms with Crippen molar-refractivity contribution < 1.29 is 4.42 Å². The van der Waals surface area contributed by atoms with Gasteiger partial charge in [-0.2, -0.15) is 4.98 Å². The van der Waals surface area contributed by atoms with Crippen LogP contribution in [0.2, 0.25) is 5.28 Å². The fourth-order valence-electron chi connectivity index (χ4n) is 2.02. The summed E-state index contributed by atoms with van der Waals surface area (Å²) >= 11 is 5.85. The average molecular weight is 281 g/mol. The van der Waals surface area contributed by atoms with Crippen molar-refractivity contribution in [2.24, 2.45) is 0 Å². The SMILES string of the molecule is Cc1cc(C(C)Nc2nc(Cl)nc(C)c2N)c(C)o1. The van der Waals surface area contributed by atoms with E-state index in [-0.39, 0.29) is 11.3 Å². The molecule has 0 saturated carbocycles. The van der Waals surface area contributed by atoms with Gasteiger partial charge in [0.15, 0.2) is 5.82 Å². The quantitative estimate of drug-likeness (QED) is 0.843. The topological polar surface area (TPSA) is 77.0 Å². The van der Waals surface area contributed by atoms with Gasteiger partial charge < -0.3 is 15.5 Å². The van der Waals surface area contributed by atoms with E-state index in [0.29, 0.717) is 17.2 Å². The first kappa shape index (κ1) is 13.7. The van der Waals surface area contributed by atoms with E-state index in [4.69, 9.17) is 21.8 Å². The number of nitrogens with one attached hydrogen (secondary N) is 1. The summed E-state index contributed by atoms with van der Waals surface area (Å²) in [4.78, 5) is 8.13. The Balaban J connectivity index is 2.29. The molecular weight excluding hydrogens is 264 g/mol. The number of hydrogen-bond donors (Lipinski definition) is 2. The van der Waals surface area contributed by atoms with Crippen molar-refractivity contribution in [3.05, 3.63) is 34.1 Å². The number of halogens is 1. The summed E-state index contributed by atoms with van der Waals surface area (Å²) in [5.74, 6) is 2.31. The normalized spacial score (nSPS) is 12.5. The molecule has 0 radical (unpaired) electrons. The second kappa shape index (κ2) is 5.09. The highest BCUT2D eigenvalue weighted by Gasteiger charge is 2.15. The molecule has 19 heavy (non-hydrogen) atoms. The maximum atomic E-state index is 5.95. The second-order valence-electron chi connectivity index (χ2n) is 4.57. The van der Waals surface area contributed by atoms with E-state index < -0.39 is 0 Å². The molecule has 5 nitrogen and oxygen atoms in total. The van der Waals surface area contributed by atoms with Crippen molar-refractivity contribution in [1.29, 1.82) is 0 Å². The zero-order chi connectivity index (χ0) is 14.2. The smallest absolute Gasteiger partial charge is 0.224 e. The maximum Gasteiger partial charge on any atom is 0.224 e. The molecule has 1 unspecified atom stereocenters. The van der Waals surface area contributed by atoms with Crippen LogP contribution in [0.3, 0.4) is 0 Å². The molecule has 0 aliphatic carbocycles. The van der Waals surface area contributed by atoms with Crippen molar-refractivity contribution in [3.63, 3.8) is 0 Å². The van der Waals surface area contributed by atoms with Crippen molar-refractivity contribution >= 4 is 23.1 Å². The number of aromatic nitrogens is 2. The number of nitrogens with two attached hydrogens (primary N) is 1. The van der Waals surface area contributed by atoms with Crippen molar-refractivity contribution in [2.75, 3.05) is 11.1 Å². The third-order valence-corrected chi connectivity index (χ3v) is 3.18. The molecule has 0 fully saturated rings. The van der Waals surface area contributed by atoms with E-state index in [1.807, 2.05) is 26.8 Å². The van der Waals surface area contributed by atoms with Crippen LogP contribution >= 0.6 is 11.6 Å². The largest absolute Gasteiger partial charge is 0.466 e. The molecule has 0 aliphatic heterocycles. The molecule has 2 heterocycles. The van der Waals surface area contributed by atoms with E-state index in [1.165, 1.54) is 0 Å². The average Bonchev–Trinajstić information content (AvgIpc) is 2.64. The van der Waals surface area contributed by atoms with Crippen LogP contribution in [0.5, 0.6) is 0 Å². The molecule has 0 spiro atoms. The van der Waals surface area contributed by atoms with Crippen LogP contribution in [0.4, 0.5) is 11.5 Å². The zero-order valence-corrected chi connectivity index (χ0v) is 12.2. The number of aryl methyl sites for hydroxylation is 3. The molecule has 0 saturated heterocycles. The summed E-state index contributed by atoms with van der Waals surface area (Å²) < 4.78 is 5.52. The summed E-state index contributed by atoms with van der Waals surface area (Å²) in [5, 5.41) is 3.42. The molecule has 1 atom stereocenters. The lowest BCUT2D eigenvalue weighted by atomic mass is 10.1. The van der Waals surface area contributed by atoms with Crippen LogP contribution in [-0.4, -0.2) is 9.97 Å². The molecule has 0 amide bonds. The van der Waals surface area contributed by atoms with Crippen LogP contribution in [0.25, 0.3) is 0 Å². The number of anilines is 2. The van der Waals surface area contributed by atoms with Gasteiger partial charge in [0.05, 0.1) is 17.4 Å². The molecule has 6 heteroatoms. The number of furan rings is 1. The van der Waals surface area contributed by atoms with E-state index in [9.17, 15) is 0 Å². The Kier molecular flexibility index (Phi) is 3.66. The Hall–Kier alpha value is -1.75. The molecule has 0 aliphatic rings. The van der Waals surface area contributed by atoms with Crippen molar-refractivity contribution in [1.82, 2.24) is 9.97 Å². The Morgan fingerprint density at radius 1 is 1.32 bits per heavy atom. The molecular formula is C13H17ClN4O. The van der Waals surface area contributed by atoms with Crippen LogP contribution in [-0.2, 0) is 0 Å². The van der Waals surface area contributed by atoms with Crippen molar-refractivity contribution in [3.8, 4) is 0 Å². The Bertz CT molecular complexity index is 609. The number of rotatable bonds is 3. The first-order valence-electron chi connectivity index (χ1n) is 6.01. The van der Waals surface area contributed by atoms with Crippen LogP contribution < -0.4 is 11.1 Å². The minimum atomic E-state index is 0.0186. The molecule has 2 aromatic rings. The Morgan fingerprint density at radius 3 is 2.58 bits per heavy atom. The van der Waals surface area contributed by atoms with Gasteiger partial charge in [-0.1, -0.05) is 0 Å². The fourth-order valence-corrected chi connectivity index (χ4v) is 2.23. The predicted molar refractivity (Wildman–Crippen MR) is 76.4 cm³/mol. The summed E-state index contributed by atoms with van der Waals surface area (Å²) in [6.45, 7) is 7.67. The zero-order valence-electron chi connectivity index (χ0n) is 11.4. The lowest BCUT2D eigenvalue weighted by Gasteiger charge is -2.16. The minimum absolute atomic E-state index is 0.0186. The summed E-state index contributed by atoms with van der Waals surface area (Å²) in [6.07, 6.45) is 0. The number of nitrogens with zero attached hydrogens (tertiary/aromatic N) is 2. The lowest BCUT2D eigenvalue weighted by molar-refractivity contribution is 0.500. The third-order valence-electron chi connectivity index (χ3n) is 3.01. The van der Waals surface area contributed by atoms with E-state index in [2.05, 4.69) is 15.3 Å². The third kappa shape index (κ3) is 2.81. The Morgan fingerprint density at radius 2 is 2.00 bits per heavy atom. The summed E-state index contributed by atoms with van der Waals surface area (Å²) in [7, 11) is 0. The van der Waals surface area contributed by atoms with Gasteiger partial charge in [0, 0.05) is 5.56 Å². The highest BCUT2D eigenvalue weighted by atomic mass is 35.5. The molecule has 0 aromatic carbocycles. The van der Waals surface area contributed by atoms with Crippen molar-refractivity contribution in [2.45, 2.75) is 33.7 Å². The van der Waals surface area contributed by atoms with E-state index in [0.717, 1.165) is 17.1 Å². The van der Waals surface area contributed by atoms with Gasteiger partial charge in [0.2, 0.25) is 5.28 Å². The van der Waals surface area contributed by atoms with E-state index >= 15 is 0 Å². The van der Waals surface area contributed by atoms with Crippen LogP contribution in [0, 0.1) is 20.8 Å². The van der Waals surface area contributed by atoms with Gasteiger partial charge in [-0.05, 0) is 45.4 Å². The summed E-state index contributed by atoms with van der Waals surface area (Å²) in [5.41, 5.74) is 8.20. The number of hydrogen-bond acceptors (Lipinski definition) is 5. The highest BCUT2D eigenvalue weighted by Crippen LogP contribution is 2.28. The van der Waals surface area contributed by atoms with Crippen LogP contribution in [0.1, 0.15) is 35.7 Å². The van der Waals surface area contributed by atoms with Gasteiger partial charge in [0.1, 0.15) is 11.5 Å². The first-order chi connectivity index (χ1) is 8.88. The standard InChI is InChI=1S/C13H17ClN4O/c1-6-5-10(9(4)19-6)7(2)16-12-11(15)8(3)17-13(14)18-12/h5,7H,15H2,1-4H3,(H,16,17,18). The van der Waals surface area contributed by atoms with E-state index in [1.54, 1.807) is 6.92 Å². The van der Waals surface area contributed by atoms with Gasteiger partial charge in [-0.25, -0.2) is 4.98 Å². The number of nitrogen functional groups attached to an aromatic ring is 1. The molecule has 0 bridgehead atoms. The monoisotopic (exact) mass is 280 g/mol. The first-order valence-corrected chi connectivity index (χ1v) is 6.39.